The normalized spacial score (nSPS) is 22.8. The minimum Gasteiger partial charge on any atom is -0.373 e. The largest absolute Gasteiger partial charge is 0.373 e. The van der Waals surface area contributed by atoms with Gasteiger partial charge >= 0.3 is 0 Å². The summed E-state index contributed by atoms with van der Waals surface area (Å²) in [5.41, 5.74) is 2.70. The highest BCUT2D eigenvalue weighted by molar-refractivity contribution is 5.30. The molecule has 2 heterocycles. The summed E-state index contributed by atoms with van der Waals surface area (Å²) in [6, 6.07) is 8.57. The Labute approximate surface area is 123 Å². The molecule has 5 heteroatoms. The maximum Gasteiger partial charge on any atom is 0.244 e. The van der Waals surface area contributed by atoms with Gasteiger partial charge in [-0.05, 0) is 36.3 Å². The van der Waals surface area contributed by atoms with Gasteiger partial charge in [0.05, 0.1) is 6.04 Å². The van der Waals surface area contributed by atoms with Crippen LogP contribution in [0.5, 0.6) is 0 Å². The maximum atomic E-state index is 5.51. The van der Waals surface area contributed by atoms with Crippen LogP contribution in [0.2, 0.25) is 0 Å². The second-order valence-corrected chi connectivity index (χ2v) is 5.89. The summed E-state index contributed by atoms with van der Waals surface area (Å²) < 4.78 is 11.0. The third-order valence-electron chi connectivity index (χ3n) is 4.40. The van der Waals surface area contributed by atoms with Crippen molar-refractivity contribution in [3.05, 3.63) is 47.1 Å². The Morgan fingerprint density at radius 1 is 1.29 bits per heavy atom. The van der Waals surface area contributed by atoms with E-state index in [2.05, 4.69) is 39.7 Å². The molecule has 1 aliphatic heterocycles. The summed E-state index contributed by atoms with van der Waals surface area (Å²) in [6.07, 6.45) is 3.26. The molecule has 0 radical (unpaired) electrons. The average molecular weight is 285 g/mol. The zero-order valence-electron chi connectivity index (χ0n) is 12.1. The molecule has 4 rings (SSSR count). The van der Waals surface area contributed by atoms with Gasteiger partial charge in [-0.15, -0.1) is 0 Å². The predicted molar refractivity (Wildman–Crippen MR) is 76.5 cm³/mol. The first-order valence-electron chi connectivity index (χ1n) is 7.51. The van der Waals surface area contributed by atoms with Gasteiger partial charge in [-0.2, -0.15) is 4.98 Å². The van der Waals surface area contributed by atoms with Crippen molar-refractivity contribution in [1.82, 2.24) is 15.5 Å². The van der Waals surface area contributed by atoms with Crippen LogP contribution >= 0.6 is 0 Å². The number of nitrogens with zero attached hydrogens (tertiary/aromatic N) is 2. The van der Waals surface area contributed by atoms with Crippen molar-refractivity contribution in [3.63, 3.8) is 0 Å². The van der Waals surface area contributed by atoms with Gasteiger partial charge in [-0.25, -0.2) is 0 Å². The van der Waals surface area contributed by atoms with Crippen LogP contribution in [-0.2, 0) is 17.7 Å². The highest BCUT2D eigenvalue weighted by atomic mass is 16.5. The summed E-state index contributed by atoms with van der Waals surface area (Å²) in [6.45, 7) is 0.842. The number of benzene rings is 1. The summed E-state index contributed by atoms with van der Waals surface area (Å²) in [5, 5.41) is 7.60. The second kappa shape index (κ2) is 5.24. The lowest BCUT2D eigenvalue weighted by Gasteiger charge is -2.23. The first-order valence-corrected chi connectivity index (χ1v) is 7.51. The monoisotopic (exact) mass is 285 g/mol. The molecule has 1 aliphatic carbocycles. The molecule has 1 aromatic carbocycles. The number of ether oxygens (including phenoxy) is 1. The molecule has 0 saturated heterocycles. The lowest BCUT2D eigenvalue weighted by atomic mass is 9.96. The van der Waals surface area contributed by atoms with Crippen LogP contribution in [0.25, 0.3) is 0 Å². The number of hydrogen-bond acceptors (Lipinski definition) is 5. The molecular weight excluding hydrogens is 266 g/mol. The lowest BCUT2D eigenvalue weighted by Crippen LogP contribution is -2.28. The average Bonchev–Trinajstić information content (AvgIpc) is 3.24. The maximum absolute atomic E-state index is 5.51. The standard InChI is InChI=1S/C16H19N3O2/c1-20-14(10-6-7-10)15-18-16(21-19-15)13-8-11-4-2-3-5-12(11)9-17-13/h2-5,10,13-14,17H,6-9H2,1H3/t13-,14?/m0/s1. The van der Waals surface area contributed by atoms with Crippen LogP contribution in [-0.4, -0.2) is 17.3 Å². The first-order chi connectivity index (χ1) is 10.3. The Morgan fingerprint density at radius 3 is 2.86 bits per heavy atom. The smallest absolute Gasteiger partial charge is 0.244 e. The minimum atomic E-state index is -0.0154. The molecule has 2 aliphatic rings. The fraction of sp³-hybridized carbons (Fsp3) is 0.500. The SMILES string of the molecule is COC(c1noc([C@@H]2Cc3ccccc3CN2)n1)C1CC1. The van der Waals surface area contributed by atoms with E-state index in [0.29, 0.717) is 17.6 Å². The summed E-state index contributed by atoms with van der Waals surface area (Å²) in [4.78, 5) is 4.57. The highest BCUT2D eigenvalue weighted by Crippen LogP contribution is 2.42. The van der Waals surface area contributed by atoms with E-state index < -0.39 is 0 Å². The van der Waals surface area contributed by atoms with Gasteiger partial charge in [-0.3, -0.25) is 0 Å². The van der Waals surface area contributed by atoms with Gasteiger partial charge in [-0.1, -0.05) is 29.4 Å². The van der Waals surface area contributed by atoms with Crippen LogP contribution in [0.3, 0.4) is 0 Å². The molecule has 0 amide bonds. The van der Waals surface area contributed by atoms with Crippen molar-refractivity contribution in [3.8, 4) is 0 Å². The molecule has 2 aromatic rings. The van der Waals surface area contributed by atoms with E-state index >= 15 is 0 Å². The fourth-order valence-corrected chi connectivity index (χ4v) is 3.04. The number of aromatic nitrogens is 2. The highest BCUT2D eigenvalue weighted by Gasteiger charge is 2.36. The van der Waals surface area contributed by atoms with Crippen molar-refractivity contribution in [2.45, 2.75) is 38.0 Å². The molecule has 1 N–H and O–H groups in total. The molecule has 1 unspecified atom stereocenters. The Kier molecular flexibility index (Phi) is 3.24. The number of hydrogen-bond donors (Lipinski definition) is 1. The molecule has 1 aromatic heterocycles. The van der Waals surface area contributed by atoms with E-state index in [1.54, 1.807) is 7.11 Å². The van der Waals surface area contributed by atoms with E-state index in [1.165, 1.54) is 24.0 Å². The Hall–Kier alpha value is -1.72. The second-order valence-electron chi connectivity index (χ2n) is 5.89. The Balaban J connectivity index is 1.54. The van der Waals surface area contributed by atoms with Crippen LogP contribution in [0.1, 0.15) is 47.8 Å². The Morgan fingerprint density at radius 2 is 2.10 bits per heavy atom. The topological polar surface area (TPSA) is 60.2 Å². The van der Waals surface area contributed by atoms with Gasteiger partial charge in [0.2, 0.25) is 11.7 Å². The number of rotatable bonds is 4. The summed E-state index contributed by atoms with van der Waals surface area (Å²) in [5.74, 6) is 1.92. The zero-order valence-corrected chi connectivity index (χ0v) is 12.1. The quantitative estimate of drug-likeness (QED) is 0.935. The molecule has 0 spiro atoms. The third-order valence-corrected chi connectivity index (χ3v) is 4.40. The molecule has 2 atom stereocenters. The Bertz CT molecular complexity index is 636. The lowest BCUT2D eigenvalue weighted by molar-refractivity contribution is 0.0751. The van der Waals surface area contributed by atoms with Gasteiger partial charge in [0.25, 0.3) is 0 Å². The summed E-state index contributed by atoms with van der Waals surface area (Å²) in [7, 11) is 1.72. The van der Waals surface area contributed by atoms with E-state index in [0.717, 1.165) is 13.0 Å². The van der Waals surface area contributed by atoms with Gasteiger partial charge in [0.1, 0.15) is 6.10 Å². The molecule has 0 bridgehead atoms. The molecule has 5 nitrogen and oxygen atoms in total. The van der Waals surface area contributed by atoms with Crippen molar-refractivity contribution >= 4 is 0 Å². The third kappa shape index (κ3) is 2.47. The van der Waals surface area contributed by atoms with Gasteiger partial charge in [0, 0.05) is 13.7 Å². The first kappa shape index (κ1) is 13.0. The van der Waals surface area contributed by atoms with Crippen molar-refractivity contribution in [1.29, 1.82) is 0 Å². The number of fused-ring (bicyclic) bond motifs is 1. The molecule has 110 valence electrons. The number of methoxy groups -OCH3 is 1. The van der Waals surface area contributed by atoms with Crippen molar-refractivity contribution in [2.75, 3.05) is 7.11 Å². The van der Waals surface area contributed by atoms with E-state index in [1.807, 2.05) is 0 Å². The fourth-order valence-electron chi connectivity index (χ4n) is 3.04. The molecule has 1 fully saturated rings. The zero-order chi connectivity index (χ0) is 14.2. The van der Waals surface area contributed by atoms with Crippen molar-refractivity contribution in [2.24, 2.45) is 5.92 Å². The van der Waals surface area contributed by atoms with Crippen molar-refractivity contribution < 1.29 is 9.26 Å². The van der Waals surface area contributed by atoms with E-state index in [-0.39, 0.29) is 12.1 Å². The van der Waals surface area contributed by atoms with E-state index in [4.69, 9.17) is 9.26 Å². The van der Waals surface area contributed by atoms with E-state index in [9.17, 15) is 0 Å². The van der Waals surface area contributed by atoms with Crippen LogP contribution in [0, 0.1) is 5.92 Å². The van der Waals surface area contributed by atoms with Crippen LogP contribution < -0.4 is 5.32 Å². The van der Waals surface area contributed by atoms with Gasteiger partial charge in [0.15, 0.2) is 0 Å². The molecule has 1 saturated carbocycles. The molecule has 21 heavy (non-hydrogen) atoms. The molecular formula is C16H19N3O2. The number of nitrogens with one attached hydrogen (secondary N) is 1. The minimum absolute atomic E-state index is 0.0154. The van der Waals surface area contributed by atoms with Crippen LogP contribution in [0.15, 0.2) is 28.8 Å². The summed E-state index contributed by atoms with van der Waals surface area (Å²) >= 11 is 0. The van der Waals surface area contributed by atoms with Crippen LogP contribution in [0.4, 0.5) is 0 Å². The predicted octanol–water partition coefficient (Wildman–Crippen LogP) is 2.55. The van der Waals surface area contributed by atoms with Gasteiger partial charge < -0.3 is 14.6 Å².